The van der Waals surface area contributed by atoms with Crippen molar-refractivity contribution in [2.75, 3.05) is 6.61 Å². The standard InChI is InChI=1S/2C9H19N2O.2C5H2F6O2.C4H8O2.Co/c2*1-8(2)5-7(10)6-9(3,4)11(8)12;2*6-4(7,8)2(12)1-3(13)5(9,10)11;1-3-6-4(2)5;/h2*7H,5-6,10H2,1-4H3;2*1,12H;3H2,1-2H3;/q2*+1;;;;+2/p-2/b;;2*2-1-;;. The van der Waals surface area contributed by atoms with Gasteiger partial charge in [-0.25, -0.2) is 0 Å². The van der Waals surface area contributed by atoms with E-state index in [1.807, 2.05) is 55.4 Å². The van der Waals surface area contributed by atoms with Crippen molar-refractivity contribution in [1.29, 1.82) is 0 Å². The van der Waals surface area contributed by atoms with Crippen molar-refractivity contribution >= 4 is 17.5 Å². The Morgan fingerprint density at radius 2 is 0.807 bits per heavy atom. The minimum Gasteiger partial charge on any atom is -0.869 e. The Bertz CT molecular complexity index is 1300. The molecule has 2 aliphatic rings. The molecule has 0 saturated carbocycles. The number of hydrogen-bond acceptors (Lipinski definition) is 10. The molecule has 0 aliphatic carbocycles. The van der Waals surface area contributed by atoms with Gasteiger partial charge in [-0.05, 0) is 30.6 Å². The minimum absolute atomic E-state index is 0. The Labute approximate surface area is 331 Å². The maximum atomic E-state index is 11.8. The number of piperidine rings is 2. The number of ether oxygens (including phenoxy) is 1. The van der Waals surface area contributed by atoms with Gasteiger partial charge in [0.05, 0.1) is 6.61 Å². The largest absolute Gasteiger partial charge is 2.00 e. The predicted octanol–water partition coefficient (Wildman–Crippen LogP) is 5.30. The Hall–Kier alpha value is -3.32. The first-order valence-electron chi connectivity index (χ1n) is 16.1. The van der Waals surface area contributed by atoms with E-state index in [9.17, 15) is 87.1 Å². The number of esters is 1. The van der Waals surface area contributed by atoms with E-state index in [2.05, 4.69) is 4.74 Å². The van der Waals surface area contributed by atoms with Gasteiger partial charge in [0.1, 0.15) is 0 Å². The van der Waals surface area contributed by atoms with Gasteiger partial charge < -0.3 is 26.4 Å². The second kappa shape index (κ2) is 22.2. The van der Waals surface area contributed by atoms with Crippen LogP contribution in [-0.2, 0) is 35.9 Å². The van der Waals surface area contributed by atoms with E-state index in [1.165, 1.54) is 16.4 Å². The molecule has 335 valence electrons. The summed E-state index contributed by atoms with van der Waals surface area (Å²) in [5.41, 5.74) is 10.5. The number of carbonyl (C=O) groups is 3. The van der Waals surface area contributed by atoms with E-state index >= 15 is 0 Å². The number of ketones is 2. The van der Waals surface area contributed by atoms with Crippen molar-refractivity contribution in [2.45, 2.75) is 154 Å². The van der Waals surface area contributed by atoms with Gasteiger partial charge in [-0.1, -0.05) is 0 Å². The van der Waals surface area contributed by atoms with E-state index < -0.39 is 59.9 Å². The fourth-order valence-corrected chi connectivity index (χ4v) is 5.45. The maximum absolute atomic E-state index is 11.8. The molecule has 25 heteroatoms. The molecular weight excluding hydrogens is 855 g/mol. The molecule has 57 heavy (non-hydrogen) atoms. The zero-order valence-corrected chi connectivity index (χ0v) is 33.6. The summed E-state index contributed by atoms with van der Waals surface area (Å²) in [4.78, 5) is 53.0. The number of rotatable bonds is 3. The van der Waals surface area contributed by atoms with Gasteiger partial charge in [-0.15, -0.1) is 0 Å². The van der Waals surface area contributed by atoms with E-state index in [0.29, 0.717) is 6.61 Å². The normalized spacial score (nSPS) is 19.6. The van der Waals surface area contributed by atoms with Crippen molar-refractivity contribution in [3.8, 4) is 0 Å². The zero-order valence-electron chi connectivity index (χ0n) is 32.5. The van der Waals surface area contributed by atoms with E-state index in [0.717, 1.165) is 25.7 Å². The van der Waals surface area contributed by atoms with Crippen molar-refractivity contribution < 1.29 is 108 Å². The number of nitrogens with zero attached hydrogens (tertiary/aromatic N) is 2. The smallest absolute Gasteiger partial charge is 0.869 e. The summed E-state index contributed by atoms with van der Waals surface area (Å²) in [5.74, 6) is -11.5. The Kier molecular flexibility index (Phi) is 23.5. The Morgan fingerprint density at radius 1 is 0.596 bits per heavy atom. The Balaban J connectivity index is -0.000000312. The molecule has 4 N–H and O–H groups in total. The fourth-order valence-electron chi connectivity index (χ4n) is 5.45. The van der Waals surface area contributed by atoms with Crippen molar-refractivity contribution in [2.24, 2.45) is 11.5 Å². The second-order valence-electron chi connectivity index (χ2n) is 14.8. The van der Waals surface area contributed by atoms with Crippen LogP contribution in [0.5, 0.6) is 0 Å². The molecule has 2 fully saturated rings. The molecule has 12 nitrogen and oxygen atoms in total. The van der Waals surface area contributed by atoms with Crippen LogP contribution in [0.15, 0.2) is 23.7 Å². The van der Waals surface area contributed by atoms with Gasteiger partial charge >= 0.3 is 47.5 Å². The molecule has 0 aromatic rings. The summed E-state index contributed by atoms with van der Waals surface area (Å²) in [5, 5.41) is 19.6. The molecule has 2 saturated heterocycles. The SMILES string of the molecule is CC1(C)CC(N)CC(C)(C)[N+]1=O.CC1(C)CC(N)CC(C)(C)[N+]1=O.CCOC(C)=O.O=C(/C=C(\[O-])C(F)(F)F)C(F)(F)F.O=C(/C=C(\[O-])C(F)(F)F)C(F)(F)F.[Co+2]. The molecule has 2 rings (SSSR count). The van der Waals surface area contributed by atoms with Crippen molar-refractivity contribution in [1.82, 2.24) is 0 Å². The number of allylic oxidation sites excluding steroid dienone is 4. The number of carbonyl (C=O) groups excluding carboxylic acids is 3. The van der Waals surface area contributed by atoms with Crippen molar-refractivity contribution in [3.63, 3.8) is 0 Å². The minimum atomic E-state index is -5.46. The van der Waals surface area contributed by atoms with Crippen molar-refractivity contribution in [3.05, 3.63) is 33.5 Å². The first-order valence-corrected chi connectivity index (χ1v) is 16.1. The number of nitroso groups, excluding NO2 is 2. The molecule has 0 aromatic carbocycles. The molecule has 0 aromatic heterocycles. The summed E-state index contributed by atoms with van der Waals surface area (Å²) in [6.07, 6.45) is -20.7. The van der Waals surface area contributed by atoms with Crippen LogP contribution in [-0.4, -0.2) is 92.6 Å². The molecule has 1 radical (unpaired) electrons. The average molecular weight is 904 g/mol. The van der Waals surface area contributed by atoms with Gasteiger partial charge in [0.2, 0.25) is 22.2 Å². The van der Waals surface area contributed by atoms with E-state index in [-0.39, 0.29) is 57.0 Å². The van der Waals surface area contributed by atoms with E-state index in [1.54, 1.807) is 6.92 Å². The van der Waals surface area contributed by atoms with E-state index in [4.69, 9.17) is 11.5 Å². The summed E-state index contributed by atoms with van der Waals surface area (Å²) < 4.78 is 142. The first kappa shape index (κ1) is 60.4. The number of halogens is 12. The van der Waals surface area contributed by atoms with Crippen LogP contribution in [0.3, 0.4) is 0 Å². The van der Waals surface area contributed by atoms with Gasteiger partial charge in [0, 0.05) is 119 Å². The quantitative estimate of drug-likeness (QED) is 0.123. The topological polar surface area (TPSA) is 199 Å². The number of alkyl halides is 12. The maximum Gasteiger partial charge on any atom is 2.00 e. The molecule has 0 atom stereocenters. The van der Waals surface area contributed by atoms with Crippen LogP contribution in [0.2, 0.25) is 0 Å². The number of hydrogen-bond donors (Lipinski definition) is 2. The fraction of sp³-hybridized carbons (Fsp3) is 0.781. The Morgan fingerprint density at radius 3 is 0.930 bits per heavy atom. The van der Waals surface area contributed by atoms with Crippen LogP contribution in [0.1, 0.15) is 94.9 Å². The van der Waals surface area contributed by atoms with Gasteiger partial charge in [-0.2, -0.15) is 52.7 Å². The van der Waals surface area contributed by atoms with Crippen LogP contribution < -0.4 is 21.7 Å². The van der Waals surface area contributed by atoms with Gasteiger partial charge in [0.15, 0.2) is 0 Å². The molecule has 2 aliphatic heterocycles. The molecular formula is C32H48CoF12N4O8+2. The first-order chi connectivity index (χ1) is 24.4. The summed E-state index contributed by atoms with van der Waals surface area (Å²) in [6, 6.07) is 0.334. The summed E-state index contributed by atoms with van der Waals surface area (Å²) in [6.45, 7) is 19.3. The predicted molar refractivity (Wildman–Crippen MR) is 171 cm³/mol. The van der Waals surface area contributed by atoms with Gasteiger partial charge in [-0.3, -0.25) is 14.4 Å². The average Bonchev–Trinajstić information content (AvgIpc) is 2.93. The third-order valence-corrected chi connectivity index (χ3v) is 7.24. The summed E-state index contributed by atoms with van der Waals surface area (Å²) >= 11 is 0. The van der Waals surface area contributed by atoms with Crippen LogP contribution in [0, 0.1) is 9.81 Å². The third kappa shape index (κ3) is 23.6. The third-order valence-electron chi connectivity index (χ3n) is 7.24. The molecule has 0 spiro atoms. The monoisotopic (exact) mass is 903 g/mol. The van der Waals surface area contributed by atoms with Crippen LogP contribution in [0.4, 0.5) is 52.7 Å². The molecule has 0 unspecified atom stereocenters. The molecule has 0 bridgehead atoms. The molecule has 2 heterocycles. The second-order valence-corrected chi connectivity index (χ2v) is 14.8. The van der Waals surface area contributed by atoms with Crippen LogP contribution in [0.25, 0.3) is 0 Å². The van der Waals surface area contributed by atoms with Crippen LogP contribution >= 0.6 is 0 Å². The summed E-state index contributed by atoms with van der Waals surface area (Å²) in [7, 11) is 0. The zero-order chi connectivity index (χ0) is 45.9. The number of nitrogens with two attached hydrogens (primary N) is 2. The molecule has 0 amide bonds. The van der Waals surface area contributed by atoms with Gasteiger partial charge in [0.25, 0.3) is 11.6 Å².